The standard InChI is InChI=1S/C12H23NO6/c1-3-19-12(16)4-5-13(11(15)10-17-2)6-8-18-9-7-14/h14H,3-10H2,1-2H3. The molecule has 0 heterocycles. The molecule has 0 radical (unpaired) electrons. The fourth-order valence-electron chi connectivity index (χ4n) is 1.38. The predicted molar refractivity (Wildman–Crippen MR) is 67.6 cm³/mol. The Bertz CT molecular complexity index is 259. The van der Waals surface area contributed by atoms with Gasteiger partial charge in [-0.05, 0) is 6.92 Å². The van der Waals surface area contributed by atoms with Crippen molar-refractivity contribution in [2.75, 3.05) is 53.2 Å². The number of carbonyl (C=O) groups excluding carboxylic acids is 2. The summed E-state index contributed by atoms with van der Waals surface area (Å²) in [6.45, 7) is 3.10. The molecule has 0 aliphatic rings. The van der Waals surface area contributed by atoms with Gasteiger partial charge in [-0.2, -0.15) is 0 Å². The van der Waals surface area contributed by atoms with Crippen LogP contribution < -0.4 is 0 Å². The van der Waals surface area contributed by atoms with E-state index in [0.717, 1.165) is 0 Å². The summed E-state index contributed by atoms with van der Waals surface area (Å²) in [5.41, 5.74) is 0. The number of amides is 1. The van der Waals surface area contributed by atoms with Crippen molar-refractivity contribution in [2.24, 2.45) is 0 Å². The summed E-state index contributed by atoms with van der Waals surface area (Å²) in [6.07, 6.45) is 0.142. The monoisotopic (exact) mass is 277 g/mol. The maximum absolute atomic E-state index is 11.7. The predicted octanol–water partition coefficient (Wildman–Crippen LogP) is -0.576. The Hall–Kier alpha value is -1.18. The van der Waals surface area contributed by atoms with Crippen LogP contribution >= 0.6 is 0 Å². The molecular weight excluding hydrogens is 254 g/mol. The average Bonchev–Trinajstić information content (AvgIpc) is 2.38. The molecule has 0 unspecified atom stereocenters. The number of hydrogen-bond acceptors (Lipinski definition) is 6. The highest BCUT2D eigenvalue weighted by Crippen LogP contribution is 1.97. The number of esters is 1. The van der Waals surface area contributed by atoms with E-state index in [2.05, 4.69) is 0 Å². The molecule has 0 bridgehead atoms. The average molecular weight is 277 g/mol. The van der Waals surface area contributed by atoms with E-state index in [0.29, 0.717) is 19.8 Å². The largest absolute Gasteiger partial charge is 0.466 e. The van der Waals surface area contributed by atoms with Gasteiger partial charge in [-0.25, -0.2) is 0 Å². The van der Waals surface area contributed by atoms with Gasteiger partial charge < -0.3 is 24.2 Å². The molecule has 0 aromatic rings. The molecule has 0 saturated carbocycles. The molecule has 112 valence electrons. The van der Waals surface area contributed by atoms with Gasteiger partial charge in [0, 0.05) is 20.2 Å². The summed E-state index contributed by atoms with van der Waals surface area (Å²) in [6, 6.07) is 0. The van der Waals surface area contributed by atoms with Gasteiger partial charge in [-0.3, -0.25) is 9.59 Å². The Labute approximate surface area is 113 Å². The van der Waals surface area contributed by atoms with Gasteiger partial charge in [0.05, 0.1) is 32.8 Å². The summed E-state index contributed by atoms with van der Waals surface area (Å²) < 4.78 is 14.7. The lowest BCUT2D eigenvalue weighted by molar-refractivity contribution is -0.144. The first kappa shape index (κ1) is 17.8. The maximum atomic E-state index is 11.7. The van der Waals surface area contributed by atoms with E-state index >= 15 is 0 Å². The summed E-state index contributed by atoms with van der Waals surface area (Å²) in [7, 11) is 1.43. The number of methoxy groups -OCH3 is 1. The van der Waals surface area contributed by atoms with Gasteiger partial charge in [-0.1, -0.05) is 0 Å². The SMILES string of the molecule is CCOC(=O)CCN(CCOCCO)C(=O)COC. The Morgan fingerprint density at radius 1 is 1.21 bits per heavy atom. The van der Waals surface area contributed by atoms with Crippen LogP contribution in [0.3, 0.4) is 0 Å². The summed E-state index contributed by atoms with van der Waals surface area (Å²) in [4.78, 5) is 24.5. The van der Waals surface area contributed by atoms with E-state index in [9.17, 15) is 9.59 Å². The minimum Gasteiger partial charge on any atom is -0.466 e. The van der Waals surface area contributed by atoms with Crippen LogP contribution in [-0.2, 0) is 23.8 Å². The van der Waals surface area contributed by atoms with Crippen LogP contribution in [0.2, 0.25) is 0 Å². The Kier molecular flexibility index (Phi) is 11.1. The molecular formula is C12H23NO6. The molecule has 0 spiro atoms. The van der Waals surface area contributed by atoms with E-state index in [4.69, 9.17) is 19.3 Å². The smallest absolute Gasteiger partial charge is 0.307 e. The quantitative estimate of drug-likeness (QED) is 0.402. The fraction of sp³-hybridized carbons (Fsp3) is 0.833. The van der Waals surface area contributed by atoms with Gasteiger partial charge in [0.2, 0.25) is 5.91 Å². The van der Waals surface area contributed by atoms with E-state index in [1.54, 1.807) is 6.92 Å². The van der Waals surface area contributed by atoms with Gasteiger partial charge in [-0.15, -0.1) is 0 Å². The highest BCUT2D eigenvalue weighted by molar-refractivity contribution is 5.78. The summed E-state index contributed by atoms with van der Waals surface area (Å²) in [5.74, 6) is -0.548. The van der Waals surface area contributed by atoms with Crippen molar-refractivity contribution < 1.29 is 28.9 Å². The van der Waals surface area contributed by atoms with E-state index in [1.165, 1.54) is 12.0 Å². The molecule has 0 atom stereocenters. The van der Waals surface area contributed by atoms with Crippen LogP contribution in [0.5, 0.6) is 0 Å². The van der Waals surface area contributed by atoms with E-state index in [1.807, 2.05) is 0 Å². The molecule has 7 heteroatoms. The molecule has 19 heavy (non-hydrogen) atoms. The normalized spacial score (nSPS) is 10.3. The first-order valence-corrected chi connectivity index (χ1v) is 6.26. The highest BCUT2D eigenvalue weighted by Gasteiger charge is 2.15. The number of hydrogen-bond donors (Lipinski definition) is 1. The molecule has 1 N–H and O–H groups in total. The lowest BCUT2D eigenvalue weighted by Crippen LogP contribution is -2.38. The minimum absolute atomic E-state index is 0.0389. The zero-order chi connectivity index (χ0) is 14.5. The molecule has 0 rings (SSSR count). The maximum Gasteiger partial charge on any atom is 0.307 e. The number of rotatable bonds is 11. The Morgan fingerprint density at radius 3 is 2.53 bits per heavy atom. The zero-order valence-corrected chi connectivity index (χ0v) is 11.6. The molecule has 7 nitrogen and oxygen atoms in total. The van der Waals surface area contributed by atoms with Gasteiger partial charge in [0.15, 0.2) is 0 Å². The Morgan fingerprint density at radius 2 is 1.95 bits per heavy atom. The van der Waals surface area contributed by atoms with Crippen molar-refractivity contribution in [3.8, 4) is 0 Å². The Balaban J connectivity index is 4.09. The topological polar surface area (TPSA) is 85.3 Å². The van der Waals surface area contributed by atoms with Crippen LogP contribution in [0.4, 0.5) is 0 Å². The van der Waals surface area contributed by atoms with Crippen LogP contribution in [0.1, 0.15) is 13.3 Å². The number of aliphatic hydroxyl groups excluding tert-OH is 1. The molecule has 0 aromatic carbocycles. The number of nitrogens with zero attached hydrogens (tertiary/aromatic N) is 1. The fourth-order valence-corrected chi connectivity index (χ4v) is 1.38. The zero-order valence-electron chi connectivity index (χ0n) is 11.6. The molecule has 0 aliphatic heterocycles. The second kappa shape index (κ2) is 11.9. The third-order valence-corrected chi connectivity index (χ3v) is 2.25. The van der Waals surface area contributed by atoms with Gasteiger partial charge in [0.25, 0.3) is 0 Å². The summed E-state index contributed by atoms with van der Waals surface area (Å²) in [5, 5.41) is 8.57. The lowest BCUT2D eigenvalue weighted by atomic mass is 10.3. The van der Waals surface area contributed by atoms with Crippen molar-refractivity contribution in [1.82, 2.24) is 4.90 Å². The first-order chi connectivity index (χ1) is 9.15. The first-order valence-electron chi connectivity index (χ1n) is 6.26. The van der Waals surface area contributed by atoms with Crippen LogP contribution in [0.15, 0.2) is 0 Å². The lowest BCUT2D eigenvalue weighted by Gasteiger charge is -2.21. The van der Waals surface area contributed by atoms with Crippen molar-refractivity contribution in [1.29, 1.82) is 0 Å². The van der Waals surface area contributed by atoms with Gasteiger partial charge >= 0.3 is 5.97 Å². The molecule has 0 saturated heterocycles. The molecule has 1 amide bonds. The van der Waals surface area contributed by atoms with Crippen LogP contribution in [0.25, 0.3) is 0 Å². The molecule has 0 fully saturated rings. The van der Waals surface area contributed by atoms with Gasteiger partial charge in [0.1, 0.15) is 6.61 Å². The molecule has 0 aromatic heterocycles. The van der Waals surface area contributed by atoms with Crippen molar-refractivity contribution in [2.45, 2.75) is 13.3 Å². The van der Waals surface area contributed by atoms with E-state index < -0.39 is 0 Å². The second-order valence-corrected chi connectivity index (χ2v) is 3.70. The van der Waals surface area contributed by atoms with E-state index in [-0.39, 0.29) is 44.7 Å². The van der Waals surface area contributed by atoms with Crippen molar-refractivity contribution in [3.63, 3.8) is 0 Å². The highest BCUT2D eigenvalue weighted by atomic mass is 16.5. The number of ether oxygens (including phenoxy) is 3. The summed E-state index contributed by atoms with van der Waals surface area (Å²) >= 11 is 0. The molecule has 0 aliphatic carbocycles. The third kappa shape index (κ3) is 9.40. The third-order valence-electron chi connectivity index (χ3n) is 2.25. The van der Waals surface area contributed by atoms with Crippen molar-refractivity contribution >= 4 is 11.9 Å². The van der Waals surface area contributed by atoms with Crippen molar-refractivity contribution in [3.05, 3.63) is 0 Å². The second-order valence-electron chi connectivity index (χ2n) is 3.70. The minimum atomic E-state index is -0.339. The van der Waals surface area contributed by atoms with Crippen LogP contribution in [0, 0.1) is 0 Å². The van der Waals surface area contributed by atoms with Crippen LogP contribution in [-0.4, -0.2) is 75.1 Å². The number of carbonyl (C=O) groups is 2. The number of aliphatic hydroxyl groups is 1.